The predicted molar refractivity (Wildman–Crippen MR) is 144 cm³/mol. The molecule has 1 atom stereocenters. The molecule has 1 aliphatic heterocycles. The second kappa shape index (κ2) is 10.2. The lowest BCUT2D eigenvalue weighted by molar-refractivity contribution is -0.113. The van der Waals surface area contributed by atoms with Crippen LogP contribution in [0, 0.1) is 0 Å². The first-order valence-corrected chi connectivity index (χ1v) is 11.9. The van der Waals surface area contributed by atoms with Crippen molar-refractivity contribution in [3.8, 4) is 5.75 Å². The van der Waals surface area contributed by atoms with Crippen LogP contribution >= 0.6 is 11.6 Å². The predicted octanol–water partition coefficient (Wildman–Crippen LogP) is 5.73. The van der Waals surface area contributed by atoms with Crippen molar-refractivity contribution in [1.29, 1.82) is 0 Å². The molecule has 0 aliphatic carbocycles. The van der Waals surface area contributed by atoms with E-state index in [0.29, 0.717) is 44.8 Å². The fourth-order valence-corrected chi connectivity index (χ4v) is 4.39. The average molecular weight is 514 g/mol. The first-order chi connectivity index (χ1) is 17.9. The van der Waals surface area contributed by atoms with Gasteiger partial charge in [0.1, 0.15) is 23.2 Å². The first-order valence-electron chi connectivity index (χ1n) is 11.6. The maximum absolute atomic E-state index is 13.6. The molecule has 0 spiro atoms. The number of halogens is 1. The van der Waals surface area contributed by atoms with Gasteiger partial charge in [0.2, 0.25) is 0 Å². The number of amides is 2. The van der Waals surface area contributed by atoms with E-state index in [0.717, 1.165) is 5.56 Å². The molecule has 1 aromatic heterocycles. The van der Waals surface area contributed by atoms with E-state index in [1.807, 2.05) is 61.5 Å². The van der Waals surface area contributed by atoms with Crippen molar-refractivity contribution < 1.29 is 14.3 Å². The Labute approximate surface area is 218 Å². The molecule has 186 valence electrons. The molecular formula is C28H24ClN5O3. The van der Waals surface area contributed by atoms with Gasteiger partial charge in [-0.1, -0.05) is 41.9 Å². The average Bonchev–Trinajstić information content (AvgIpc) is 3.33. The van der Waals surface area contributed by atoms with E-state index in [1.54, 1.807) is 36.1 Å². The number of hydrogen-bond acceptors (Lipinski definition) is 5. The Morgan fingerprint density at radius 2 is 1.57 bits per heavy atom. The van der Waals surface area contributed by atoms with Crippen molar-refractivity contribution in [1.82, 2.24) is 9.78 Å². The number of nitrogens with one attached hydrogen (secondary N) is 3. The summed E-state index contributed by atoms with van der Waals surface area (Å²) < 4.78 is 6.97. The van der Waals surface area contributed by atoms with E-state index in [1.165, 1.54) is 6.20 Å². The van der Waals surface area contributed by atoms with E-state index in [2.05, 4.69) is 21.0 Å². The van der Waals surface area contributed by atoms with Gasteiger partial charge >= 0.3 is 0 Å². The molecule has 0 bridgehead atoms. The molecule has 0 saturated carbocycles. The fourth-order valence-electron chi connectivity index (χ4n) is 4.26. The first kappa shape index (κ1) is 24.1. The van der Waals surface area contributed by atoms with Gasteiger partial charge in [-0.2, -0.15) is 5.10 Å². The number of fused-ring (bicyclic) bond motifs is 1. The van der Waals surface area contributed by atoms with Crippen molar-refractivity contribution >= 4 is 40.6 Å². The van der Waals surface area contributed by atoms with E-state index in [-0.39, 0.29) is 11.8 Å². The highest BCUT2D eigenvalue weighted by molar-refractivity contribution is 6.30. The summed E-state index contributed by atoms with van der Waals surface area (Å²) in [5.41, 5.74) is 3.52. The summed E-state index contributed by atoms with van der Waals surface area (Å²) in [4.78, 5) is 26.7. The maximum Gasteiger partial charge on any atom is 0.261 e. The zero-order valence-corrected chi connectivity index (χ0v) is 20.9. The third-order valence-corrected chi connectivity index (χ3v) is 6.33. The Hall–Kier alpha value is -4.56. The molecule has 0 fully saturated rings. The van der Waals surface area contributed by atoms with E-state index in [9.17, 15) is 9.59 Å². The van der Waals surface area contributed by atoms with Gasteiger partial charge in [0.25, 0.3) is 11.8 Å². The van der Waals surface area contributed by atoms with Gasteiger partial charge in [-0.3, -0.25) is 9.59 Å². The Balaban J connectivity index is 1.54. The normalized spacial score (nSPS) is 14.4. The van der Waals surface area contributed by atoms with Crippen LogP contribution in [0.2, 0.25) is 5.02 Å². The second-order valence-electron chi connectivity index (χ2n) is 8.47. The number of carbonyl (C=O) groups excluding carboxylic acids is 2. The SMILES string of the molecule is COc1ccc(C2C(C(=O)Nc3ccc(Cl)cc3)=C(C)Nc3c(C(=O)Nc4ccccc4)cnn32)cc1. The quantitative estimate of drug-likeness (QED) is 0.306. The molecule has 2 amide bonds. The van der Waals surface area contributed by atoms with E-state index in [4.69, 9.17) is 16.3 Å². The summed E-state index contributed by atoms with van der Waals surface area (Å²) >= 11 is 6.00. The van der Waals surface area contributed by atoms with Crippen molar-refractivity contribution in [3.05, 3.63) is 112 Å². The summed E-state index contributed by atoms with van der Waals surface area (Å²) in [5, 5.41) is 14.2. The molecule has 2 heterocycles. The monoisotopic (exact) mass is 513 g/mol. The van der Waals surface area contributed by atoms with Crippen LogP contribution in [-0.4, -0.2) is 28.7 Å². The van der Waals surface area contributed by atoms with Crippen LogP contribution in [0.3, 0.4) is 0 Å². The standard InChI is InChI=1S/C28H24ClN5O3/c1-17-24(28(36)33-21-12-10-19(29)11-13-21)25(18-8-14-22(37-2)15-9-18)34-26(31-17)23(16-30-34)27(35)32-20-6-4-3-5-7-20/h3-16,25,31H,1-2H3,(H,32,35)(H,33,36). The largest absolute Gasteiger partial charge is 0.497 e. The molecular weight excluding hydrogens is 490 g/mol. The van der Waals surface area contributed by atoms with Crippen molar-refractivity contribution in [2.75, 3.05) is 23.1 Å². The molecule has 3 aromatic carbocycles. The number of allylic oxidation sites excluding steroid dienone is 1. The van der Waals surface area contributed by atoms with Gasteiger partial charge in [0.15, 0.2) is 0 Å². The lowest BCUT2D eigenvalue weighted by Crippen LogP contribution is -2.32. The highest BCUT2D eigenvalue weighted by Crippen LogP contribution is 2.38. The van der Waals surface area contributed by atoms with E-state index < -0.39 is 6.04 Å². The van der Waals surface area contributed by atoms with Crippen molar-refractivity contribution in [2.24, 2.45) is 0 Å². The third-order valence-electron chi connectivity index (χ3n) is 6.08. The zero-order chi connectivity index (χ0) is 25.9. The lowest BCUT2D eigenvalue weighted by atomic mass is 9.94. The second-order valence-corrected chi connectivity index (χ2v) is 8.91. The van der Waals surface area contributed by atoms with Crippen LogP contribution in [0.1, 0.15) is 28.9 Å². The number of benzene rings is 3. The van der Waals surface area contributed by atoms with Gasteiger partial charge in [-0.25, -0.2) is 4.68 Å². The Morgan fingerprint density at radius 1 is 0.919 bits per heavy atom. The van der Waals surface area contributed by atoms with Crippen LogP contribution in [0.15, 0.2) is 96.3 Å². The molecule has 5 rings (SSSR count). The van der Waals surface area contributed by atoms with Crippen LogP contribution in [-0.2, 0) is 4.79 Å². The summed E-state index contributed by atoms with van der Waals surface area (Å²) in [6, 6.07) is 22.9. The number of anilines is 3. The van der Waals surface area contributed by atoms with Gasteiger partial charge < -0.3 is 20.7 Å². The summed E-state index contributed by atoms with van der Waals surface area (Å²) in [6.45, 7) is 1.81. The lowest BCUT2D eigenvalue weighted by Gasteiger charge is -2.30. The minimum Gasteiger partial charge on any atom is -0.497 e. The Morgan fingerprint density at radius 3 is 2.24 bits per heavy atom. The number of hydrogen-bond donors (Lipinski definition) is 3. The highest BCUT2D eigenvalue weighted by atomic mass is 35.5. The molecule has 1 aliphatic rings. The molecule has 37 heavy (non-hydrogen) atoms. The highest BCUT2D eigenvalue weighted by Gasteiger charge is 2.35. The summed E-state index contributed by atoms with van der Waals surface area (Å²) in [7, 11) is 1.60. The van der Waals surface area contributed by atoms with Crippen molar-refractivity contribution in [3.63, 3.8) is 0 Å². The summed E-state index contributed by atoms with van der Waals surface area (Å²) in [5.74, 6) is 0.573. The molecule has 1 unspecified atom stereocenters. The minimum atomic E-state index is -0.590. The number of methoxy groups -OCH3 is 1. The molecule has 0 saturated heterocycles. The van der Waals surface area contributed by atoms with Gasteiger partial charge in [0, 0.05) is 22.1 Å². The third kappa shape index (κ3) is 4.92. The Bertz CT molecular complexity index is 1480. The smallest absolute Gasteiger partial charge is 0.261 e. The topological polar surface area (TPSA) is 97.3 Å². The number of carbonyl (C=O) groups is 2. The summed E-state index contributed by atoms with van der Waals surface area (Å²) in [6.07, 6.45) is 1.50. The number of nitrogens with zero attached hydrogens (tertiary/aromatic N) is 2. The molecule has 0 radical (unpaired) electrons. The maximum atomic E-state index is 13.6. The minimum absolute atomic E-state index is 0.301. The number of para-hydroxylation sites is 1. The number of ether oxygens (including phenoxy) is 1. The molecule has 8 nitrogen and oxygen atoms in total. The van der Waals surface area contributed by atoms with Crippen LogP contribution in [0.5, 0.6) is 5.75 Å². The molecule has 4 aromatic rings. The van der Waals surface area contributed by atoms with Gasteiger partial charge in [-0.15, -0.1) is 0 Å². The fraction of sp³-hybridized carbons (Fsp3) is 0.107. The molecule has 9 heteroatoms. The van der Waals surface area contributed by atoms with Crippen LogP contribution in [0.25, 0.3) is 0 Å². The number of aromatic nitrogens is 2. The Kier molecular flexibility index (Phi) is 6.66. The van der Waals surface area contributed by atoms with Crippen LogP contribution in [0.4, 0.5) is 17.2 Å². The van der Waals surface area contributed by atoms with E-state index >= 15 is 0 Å². The van der Waals surface area contributed by atoms with Crippen LogP contribution < -0.4 is 20.7 Å². The zero-order valence-electron chi connectivity index (χ0n) is 20.2. The van der Waals surface area contributed by atoms with Gasteiger partial charge in [-0.05, 0) is 61.0 Å². The molecule has 3 N–H and O–H groups in total. The van der Waals surface area contributed by atoms with Crippen molar-refractivity contribution in [2.45, 2.75) is 13.0 Å². The number of rotatable bonds is 6. The van der Waals surface area contributed by atoms with Gasteiger partial charge in [0.05, 0.1) is 18.9 Å².